The van der Waals surface area contributed by atoms with Crippen molar-refractivity contribution in [3.8, 4) is 11.8 Å². The van der Waals surface area contributed by atoms with Crippen LogP contribution in [-0.2, 0) is 37.7 Å². The molecule has 0 saturated carbocycles. The third-order valence-corrected chi connectivity index (χ3v) is 8.22. The number of ether oxygens (including phenoxy) is 1. The van der Waals surface area contributed by atoms with E-state index in [1.807, 2.05) is 27.7 Å². The number of nitrogens with one attached hydrogen (secondary N) is 1. The third-order valence-electron chi connectivity index (χ3n) is 8.22. The summed E-state index contributed by atoms with van der Waals surface area (Å²) in [7, 11) is 1.65. The molecule has 42 heavy (non-hydrogen) atoms. The monoisotopic (exact) mass is 575 g/mol. The Morgan fingerprint density at radius 3 is 2.55 bits per heavy atom. The molecule has 1 aliphatic carbocycles. The summed E-state index contributed by atoms with van der Waals surface area (Å²) in [6.45, 7) is 12.8. The van der Waals surface area contributed by atoms with Gasteiger partial charge >= 0.3 is 11.8 Å². The number of carbonyl (C=O) groups excluding carboxylic acids is 1. The smallest absolute Gasteiger partial charge is 0.407 e. The quantitative estimate of drug-likeness (QED) is 0.465. The number of carbonyl (C=O) groups is 1. The van der Waals surface area contributed by atoms with Gasteiger partial charge in [0.15, 0.2) is 11.2 Å². The molecule has 1 fully saturated rings. The van der Waals surface area contributed by atoms with Crippen LogP contribution in [0.5, 0.6) is 0 Å². The van der Waals surface area contributed by atoms with Gasteiger partial charge in [0.1, 0.15) is 5.60 Å². The van der Waals surface area contributed by atoms with E-state index in [9.17, 15) is 14.4 Å². The summed E-state index contributed by atoms with van der Waals surface area (Å²) in [6, 6.07) is -0.155. The molecule has 11 nitrogen and oxygen atoms in total. The molecule has 0 aromatic carbocycles. The highest BCUT2D eigenvalue weighted by molar-refractivity contribution is 5.75. The fraction of sp³-hybridized carbons (Fsp3) is 0.581. The van der Waals surface area contributed by atoms with Gasteiger partial charge in [-0.1, -0.05) is 5.92 Å². The van der Waals surface area contributed by atoms with Gasteiger partial charge in [-0.05, 0) is 90.3 Å². The van der Waals surface area contributed by atoms with Crippen molar-refractivity contribution in [3.05, 3.63) is 48.9 Å². The van der Waals surface area contributed by atoms with E-state index in [-0.39, 0.29) is 19.1 Å². The lowest BCUT2D eigenvalue weighted by atomic mass is 10.0. The van der Waals surface area contributed by atoms with E-state index in [1.165, 1.54) is 20.3 Å². The number of amides is 1. The normalized spacial score (nSPS) is 16.7. The Balaban J connectivity index is 1.56. The summed E-state index contributed by atoms with van der Waals surface area (Å²) in [4.78, 5) is 51.9. The third kappa shape index (κ3) is 5.54. The Labute approximate surface area is 245 Å². The average Bonchev–Trinajstić information content (AvgIpc) is 3.56. The van der Waals surface area contributed by atoms with Crippen LogP contribution in [0.15, 0.2) is 9.59 Å². The fourth-order valence-corrected chi connectivity index (χ4v) is 6.13. The molecule has 3 aromatic rings. The maximum Gasteiger partial charge on any atom is 0.407 e. The second-order valence-electron chi connectivity index (χ2n) is 12.3. The van der Waals surface area contributed by atoms with Crippen LogP contribution in [0.2, 0.25) is 0 Å². The summed E-state index contributed by atoms with van der Waals surface area (Å²) in [5.74, 6) is 6.55. The number of rotatable bonds is 5. The lowest BCUT2D eigenvalue weighted by Gasteiger charge is -2.34. The molecule has 4 heterocycles. The minimum absolute atomic E-state index is 0.108. The van der Waals surface area contributed by atoms with Gasteiger partial charge in [-0.25, -0.2) is 9.59 Å². The Morgan fingerprint density at radius 1 is 1.10 bits per heavy atom. The summed E-state index contributed by atoms with van der Waals surface area (Å²) in [5.41, 5.74) is 4.59. The molecule has 2 aliphatic rings. The van der Waals surface area contributed by atoms with E-state index in [2.05, 4.69) is 29.0 Å². The van der Waals surface area contributed by atoms with Crippen molar-refractivity contribution >= 4 is 23.2 Å². The zero-order valence-corrected chi connectivity index (χ0v) is 25.8. The van der Waals surface area contributed by atoms with Gasteiger partial charge in [0.05, 0.1) is 18.8 Å². The number of anilines is 1. The highest BCUT2D eigenvalue weighted by atomic mass is 16.6. The number of piperidine rings is 1. The van der Waals surface area contributed by atoms with Crippen LogP contribution >= 0.6 is 0 Å². The molecule has 3 aromatic heterocycles. The van der Waals surface area contributed by atoms with Gasteiger partial charge in [-0.2, -0.15) is 4.98 Å². The highest BCUT2D eigenvalue weighted by Crippen LogP contribution is 2.29. The zero-order valence-electron chi connectivity index (χ0n) is 25.8. The minimum atomic E-state index is -0.594. The van der Waals surface area contributed by atoms with E-state index < -0.39 is 22.9 Å². The van der Waals surface area contributed by atoms with Crippen molar-refractivity contribution in [1.82, 2.24) is 29.0 Å². The summed E-state index contributed by atoms with van der Waals surface area (Å²) in [5, 5.41) is 2.97. The Bertz CT molecular complexity index is 1730. The summed E-state index contributed by atoms with van der Waals surface area (Å²) >= 11 is 0. The first-order chi connectivity index (χ1) is 19.9. The van der Waals surface area contributed by atoms with Gasteiger partial charge in [0.2, 0.25) is 5.95 Å². The van der Waals surface area contributed by atoms with Crippen LogP contribution in [0.1, 0.15) is 75.0 Å². The number of aromatic nitrogens is 5. The number of pyridine rings is 1. The van der Waals surface area contributed by atoms with Gasteiger partial charge in [-0.15, -0.1) is 5.92 Å². The topological polar surface area (TPSA) is 116 Å². The molecule has 1 atom stereocenters. The van der Waals surface area contributed by atoms with Crippen LogP contribution in [0.3, 0.4) is 0 Å². The Kier molecular flexibility index (Phi) is 7.92. The van der Waals surface area contributed by atoms with Gasteiger partial charge in [0.25, 0.3) is 5.56 Å². The number of hydrogen-bond acceptors (Lipinski definition) is 7. The average molecular weight is 576 g/mol. The molecule has 0 radical (unpaired) electrons. The number of hydrogen-bond donors (Lipinski definition) is 1. The fourth-order valence-electron chi connectivity index (χ4n) is 6.13. The molecular weight excluding hydrogens is 534 g/mol. The second kappa shape index (κ2) is 11.3. The van der Waals surface area contributed by atoms with E-state index in [4.69, 9.17) is 14.7 Å². The SMILES string of the molecule is CC#CCn1c(N2CCCC(NC(=O)OC(C)(C)C)C2)nc2c1c(=O)n(Cc1nc(C)c(C)c3c1CCC3)c(=O)n2C. The van der Waals surface area contributed by atoms with E-state index in [0.29, 0.717) is 30.2 Å². The molecule has 0 bridgehead atoms. The molecule has 224 valence electrons. The van der Waals surface area contributed by atoms with Crippen molar-refractivity contribution in [1.29, 1.82) is 0 Å². The number of nitrogens with zero attached hydrogens (tertiary/aromatic N) is 6. The summed E-state index contributed by atoms with van der Waals surface area (Å²) < 4.78 is 9.99. The second-order valence-corrected chi connectivity index (χ2v) is 12.3. The molecule has 1 saturated heterocycles. The van der Waals surface area contributed by atoms with Gasteiger partial charge in [0, 0.05) is 31.9 Å². The summed E-state index contributed by atoms with van der Waals surface area (Å²) in [6.07, 6.45) is 4.09. The number of alkyl carbamates (subject to hydrolysis) is 1. The maximum atomic E-state index is 14.1. The first kappa shape index (κ1) is 29.4. The lowest BCUT2D eigenvalue weighted by molar-refractivity contribution is 0.0499. The molecule has 1 unspecified atom stereocenters. The highest BCUT2D eigenvalue weighted by Gasteiger charge is 2.29. The van der Waals surface area contributed by atoms with Crippen molar-refractivity contribution in [2.24, 2.45) is 7.05 Å². The van der Waals surface area contributed by atoms with Crippen LogP contribution < -0.4 is 21.5 Å². The zero-order chi connectivity index (χ0) is 30.3. The molecule has 11 heteroatoms. The minimum Gasteiger partial charge on any atom is -0.444 e. The Morgan fingerprint density at radius 2 is 1.83 bits per heavy atom. The first-order valence-corrected chi connectivity index (χ1v) is 14.7. The lowest BCUT2D eigenvalue weighted by Crippen LogP contribution is -2.49. The predicted octanol–water partition coefficient (Wildman–Crippen LogP) is 2.96. The molecular formula is C31H41N7O4. The predicted molar refractivity (Wildman–Crippen MR) is 162 cm³/mol. The van der Waals surface area contributed by atoms with E-state index >= 15 is 0 Å². The van der Waals surface area contributed by atoms with Crippen LogP contribution in [0.4, 0.5) is 10.7 Å². The molecule has 1 N–H and O–H groups in total. The molecule has 5 rings (SSSR count). The standard InChI is InChI=1S/C31H41N7O4/c1-8-9-16-37-25-26(34-28(37)36-15-11-12-21(17-36)33-29(40)42-31(4,5)6)35(7)30(41)38(27(25)39)18-24-23-14-10-13-22(23)19(2)20(3)32-24/h21H,10-18H2,1-7H3,(H,33,40). The maximum absolute atomic E-state index is 14.1. The van der Waals surface area contributed by atoms with Crippen LogP contribution in [0.25, 0.3) is 11.2 Å². The molecule has 1 aliphatic heterocycles. The molecule has 0 spiro atoms. The van der Waals surface area contributed by atoms with Gasteiger partial charge in [-0.3, -0.25) is 23.5 Å². The van der Waals surface area contributed by atoms with Crippen molar-refractivity contribution < 1.29 is 9.53 Å². The van der Waals surface area contributed by atoms with Crippen molar-refractivity contribution in [2.75, 3.05) is 18.0 Å². The van der Waals surface area contributed by atoms with E-state index in [1.54, 1.807) is 18.5 Å². The number of aryl methyl sites for hydroxylation is 2. The van der Waals surface area contributed by atoms with Gasteiger partial charge < -0.3 is 15.0 Å². The number of fused-ring (bicyclic) bond motifs is 2. The van der Waals surface area contributed by atoms with Crippen LogP contribution in [-0.4, -0.2) is 54.5 Å². The van der Waals surface area contributed by atoms with Crippen LogP contribution in [0, 0.1) is 25.7 Å². The van der Waals surface area contributed by atoms with Crippen molar-refractivity contribution in [3.63, 3.8) is 0 Å². The molecule has 1 amide bonds. The first-order valence-electron chi connectivity index (χ1n) is 14.7. The van der Waals surface area contributed by atoms with E-state index in [0.717, 1.165) is 49.1 Å². The Hall–Kier alpha value is -4.07. The largest absolute Gasteiger partial charge is 0.444 e. The van der Waals surface area contributed by atoms with Crippen molar-refractivity contribution in [2.45, 2.75) is 98.4 Å². The number of imidazole rings is 1.